The fourth-order valence-electron chi connectivity index (χ4n) is 1.91. The fraction of sp³-hybridized carbons (Fsp3) is 0.231. The van der Waals surface area contributed by atoms with Crippen LogP contribution in [0.25, 0.3) is 10.8 Å². The van der Waals surface area contributed by atoms with Crippen LogP contribution < -0.4 is 0 Å². The van der Waals surface area contributed by atoms with Gasteiger partial charge in [0.1, 0.15) is 0 Å². The zero-order valence-electron chi connectivity index (χ0n) is 9.12. The van der Waals surface area contributed by atoms with Crippen LogP contribution in [0.4, 0.5) is 13.2 Å². The highest BCUT2D eigenvalue weighted by molar-refractivity contribution is 5.88. The normalized spacial score (nSPS) is 13.9. The van der Waals surface area contributed by atoms with E-state index in [1.807, 2.05) is 13.0 Å². The van der Waals surface area contributed by atoms with E-state index in [-0.39, 0.29) is 5.56 Å². The first-order valence-electron chi connectivity index (χ1n) is 5.14. The lowest BCUT2D eigenvalue weighted by Crippen LogP contribution is -2.20. The van der Waals surface area contributed by atoms with Gasteiger partial charge in [-0.2, -0.15) is 13.2 Å². The molecule has 0 aliphatic carbocycles. The Labute approximate surface area is 96.5 Å². The van der Waals surface area contributed by atoms with Gasteiger partial charge in [-0.15, -0.1) is 0 Å². The van der Waals surface area contributed by atoms with Crippen molar-refractivity contribution >= 4 is 10.8 Å². The van der Waals surface area contributed by atoms with E-state index < -0.39 is 12.3 Å². The summed E-state index contributed by atoms with van der Waals surface area (Å²) in [5.74, 6) is 0. The van der Waals surface area contributed by atoms with Gasteiger partial charge in [0.2, 0.25) is 0 Å². The molecule has 0 spiro atoms. The maximum atomic E-state index is 12.5. The van der Waals surface area contributed by atoms with Crippen molar-refractivity contribution in [1.82, 2.24) is 0 Å². The Morgan fingerprint density at radius 1 is 1.00 bits per heavy atom. The molecule has 4 heteroatoms. The summed E-state index contributed by atoms with van der Waals surface area (Å²) in [6, 6.07) is 9.68. The lowest BCUT2D eigenvalue weighted by atomic mass is 9.97. The van der Waals surface area contributed by atoms with Gasteiger partial charge < -0.3 is 5.11 Å². The predicted octanol–water partition coefficient (Wildman–Crippen LogP) is 3.74. The molecule has 1 unspecified atom stereocenters. The van der Waals surface area contributed by atoms with Crippen LogP contribution in [-0.2, 0) is 0 Å². The first-order valence-corrected chi connectivity index (χ1v) is 5.14. The van der Waals surface area contributed by atoms with Crippen LogP contribution in [0.1, 0.15) is 17.2 Å². The second kappa shape index (κ2) is 4.04. The van der Waals surface area contributed by atoms with Gasteiger partial charge in [0.15, 0.2) is 6.10 Å². The van der Waals surface area contributed by atoms with Crippen LogP contribution in [0.5, 0.6) is 0 Å². The second-order valence-electron chi connectivity index (χ2n) is 3.96. The van der Waals surface area contributed by atoms with Crippen LogP contribution in [0.3, 0.4) is 0 Å². The number of halogens is 3. The van der Waals surface area contributed by atoms with Crippen molar-refractivity contribution < 1.29 is 18.3 Å². The average Bonchev–Trinajstić information content (AvgIpc) is 2.27. The summed E-state index contributed by atoms with van der Waals surface area (Å²) in [7, 11) is 0. The molecule has 1 N–H and O–H groups in total. The summed E-state index contributed by atoms with van der Waals surface area (Å²) in [5, 5.41) is 10.5. The van der Waals surface area contributed by atoms with E-state index in [9.17, 15) is 18.3 Å². The molecule has 2 rings (SSSR count). The lowest BCUT2D eigenvalue weighted by Gasteiger charge is -2.17. The van der Waals surface area contributed by atoms with Gasteiger partial charge >= 0.3 is 6.18 Å². The van der Waals surface area contributed by atoms with Crippen molar-refractivity contribution in [1.29, 1.82) is 0 Å². The number of hydrogen-bond acceptors (Lipinski definition) is 1. The third kappa shape index (κ3) is 2.13. The Morgan fingerprint density at radius 3 is 2.24 bits per heavy atom. The molecule has 17 heavy (non-hydrogen) atoms. The molecule has 0 amide bonds. The van der Waals surface area contributed by atoms with E-state index >= 15 is 0 Å². The summed E-state index contributed by atoms with van der Waals surface area (Å²) < 4.78 is 37.5. The summed E-state index contributed by atoms with van der Waals surface area (Å²) in [5.41, 5.74) is 0.789. The summed E-state index contributed by atoms with van der Waals surface area (Å²) in [4.78, 5) is 0. The van der Waals surface area contributed by atoms with Gasteiger partial charge in [-0.25, -0.2) is 0 Å². The fourth-order valence-corrected chi connectivity index (χ4v) is 1.91. The van der Waals surface area contributed by atoms with E-state index in [1.165, 1.54) is 12.1 Å². The van der Waals surface area contributed by atoms with Gasteiger partial charge in [0.25, 0.3) is 0 Å². The van der Waals surface area contributed by atoms with Crippen LogP contribution in [0, 0.1) is 6.92 Å². The van der Waals surface area contributed by atoms with Gasteiger partial charge in [-0.1, -0.05) is 36.4 Å². The molecule has 2 aromatic rings. The quantitative estimate of drug-likeness (QED) is 0.805. The Bertz CT molecular complexity index is 546. The number of alkyl halides is 3. The summed E-state index contributed by atoms with van der Waals surface area (Å²) in [6.45, 7) is 1.83. The second-order valence-corrected chi connectivity index (χ2v) is 3.96. The van der Waals surface area contributed by atoms with E-state index in [0.717, 1.165) is 10.9 Å². The minimum absolute atomic E-state index is 0.0984. The summed E-state index contributed by atoms with van der Waals surface area (Å²) >= 11 is 0. The monoisotopic (exact) mass is 240 g/mol. The van der Waals surface area contributed by atoms with Crippen LogP contribution >= 0.6 is 0 Å². The molecule has 0 fully saturated rings. The van der Waals surface area contributed by atoms with E-state index in [0.29, 0.717) is 5.39 Å². The number of benzene rings is 2. The number of rotatable bonds is 1. The number of aryl methyl sites for hydroxylation is 1. The molecule has 0 saturated carbocycles. The Morgan fingerprint density at radius 2 is 1.59 bits per heavy atom. The van der Waals surface area contributed by atoms with E-state index in [2.05, 4.69) is 0 Å². The molecule has 0 bridgehead atoms. The first-order chi connectivity index (χ1) is 7.91. The SMILES string of the molecule is Cc1cccc2c(C(O)C(F)(F)F)cccc12. The first kappa shape index (κ1) is 11.9. The minimum Gasteiger partial charge on any atom is -0.379 e. The molecule has 90 valence electrons. The van der Waals surface area contributed by atoms with Crippen molar-refractivity contribution in [2.24, 2.45) is 0 Å². The number of hydrogen-bond donors (Lipinski definition) is 1. The lowest BCUT2D eigenvalue weighted by molar-refractivity contribution is -0.206. The van der Waals surface area contributed by atoms with Crippen molar-refractivity contribution in [2.75, 3.05) is 0 Å². The van der Waals surface area contributed by atoms with Crippen LogP contribution in [0.2, 0.25) is 0 Å². The van der Waals surface area contributed by atoms with Gasteiger partial charge in [-0.3, -0.25) is 0 Å². The third-order valence-corrected chi connectivity index (χ3v) is 2.78. The van der Waals surface area contributed by atoms with Gasteiger partial charge in [-0.05, 0) is 28.8 Å². The maximum absolute atomic E-state index is 12.5. The van der Waals surface area contributed by atoms with E-state index in [4.69, 9.17) is 0 Å². The largest absolute Gasteiger partial charge is 0.418 e. The van der Waals surface area contributed by atoms with Crippen molar-refractivity contribution in [3.05, 3.63) is 47.5 Å². The molecule has 0 radical (unpaired) electrons. The zero-order chi connectivity index (χ0) is 12.6. The molecule has 0 aliphatic heterocycles. The molecular weight excluding hydrogens is 229 g/mol. The van der Waals surface area contributed by atoms with E-state index in [1.54, 1.807) is 18.2 Å². The minimum atomic E-state index is -4.64. The molecule has 1 atom stereocenters. The zero-order valence-corrected chi connectivity index (χ0v) is 9.12. The third-order valence-electron chi connectivity index (χ3n) is 2.78. The average molecular weight is 240 g/mol. The highest BCUT2D eigenvalue weighted by Gasteiger charge is 2.40. The maximum Gasteiger partial charge on any atom is 0.418 e. The molecule has 0 aliphatic rings. The van der Waals surface area contributed by atoms with Crippen molar-refractivity contribution in [3.8, 4) is 0 Å². The molecule has 0 heterocycles. The Balaban J connectivity index is 2.67. The van der Waals surface area contributed by atoms with Crippen LogP contribution in [-0.4, -0.2) is 11.3 Å². The predicted molar refractivity (Wildman–Crippen MR) is 59.7 cm³/mol. The topological polar surface area (TPSA) is 20.2 Å². The molecule has 0 aromatic heterocycles. The highest BCUT2D eigenvalue weighted by Crippen LogP contribution is 2.36. The van der Waals surface area contributed by atoms with Crippen LogP contribution in [0.15, 0.2) is 36.4 Å². The standard InChI is InChI=1S/C13H11F3O/c1-8-4-2-6-10-9(8)5-3-7-11(10)12(17)13(14,15)16/h2-7,12,17H,1H3. The highest BCUT2D eigenvalue weighted by atomic mass is 19.4. The number of fused-ring (bicyclic) bond motifs is 1. The van der Waals surface area contributed by atoms with Gasteiger partial charge in [0.05, 0.1) is 0 Å². The molecule has 2 aromatic carbocycles. The molecular formula is C13H11F3O. The van der Waals surface area contributed by atoms with Gasteiger partial charge in [0, 0.05) is 0 Å². The Hall–Kier alpha value is -1.55. The summed E-state index contributed by atoms with van der Waals surface area (Å²) in [6.07, 6.45) is -7.08. The Kier molecular flexibility index (Phi) is 2.83. The number of aliphatic hydroxyl groups is 1. The number of aliphatic hydroxyl groups excluding tert-OH is 1. The van der Waals surface area contributed by atoms with Crippen molar-refractivity contribution in [2.45, 2.75) is 19.2 Å². The smallest absolute Gasteiger partial charge is 0.379 e. The molecule has 0 saturated heterocycles. The molecule has 1 nitrogen and oxygen atoms in total. The van der Waals surface area contributed by atoms with Crippen molar-refractivity contribution in [3.63, 3.8) is 0 Å².